The number of hydrogen-bond donors (Lipinski definition) is 1. The van der Waals surface area contributed by atoms with E-state index in [-0.39, 0.29) is 6.04 Å². The second-order valence-electron chi connectivity index (χ2n) is 4.13. The standard InChI is InChI=1S/C13H17N3O/c1-10(14)11-4-3-5-13(8-11)17-9-12-6-7-16(2)15-12/h3-8,10H,9,14H2,1-2H3/t10-/m1/s1. The van der Waals surface area contributed by atoms with E-state index >= 15 is 0 Å². The maximum atomic E-state index is 5.82. The molecule has 90 valence electrons. The molecule has 0 aliphatic carbocycles. The van der Waals surface area contributed by atoms with Gasteiger partial charge in [-0.05, 0) is 30.7 Å². The Labute approximate surface area is 101 Å². The lowest BCUT2D eigenvalue weighted by molar-refractivity contribution is 0.299. The third-order valence-electron chi connectivity index (χ3n) is 2.54. The number of nitrogens with zero attached hydrogens (tertiary/aromatic N) is 2. The first-order valence-corrected chi connectivity index (χ1v) is 5.62. The largest absolute Gasteiger partial charge is 0.487 e. The van der Waals surface area contributed by atoms with Crippen molar-refractivity contribution >= 4 is 0 Å². The molecule has 2 N–H and O–H groups in total. The highest BCUT2D eigenvalue weighted by Gasteiger charge is 2.02. The van der Waals surface area contributed by atoms with Gasteiger partial charge in [0, 0.05) is 19.3 Å². The van der Waals surface area contributed by atoms with Crippen molar-refractivity contribution in [2.75, 3.05) is 0 Å². The molecule has 1 aromatic heterocycles. The van der Waals surface area contributed by atoms with E-state index in [1.165, 1.54) is 0 Å². The molecule has 0 unspecified atom stereocenters. The van der Waals surface area contributed by atoms with Gasteiger partial charge in [-0.3, -0.25) is 4.68 Å². The fraction of sp³-hybridized carbons (Fsp3) is 0.308. The predicted octanol–water partition coefficient (Wildman–Crippen LogP) is 2.02. The number of aryl methyl sites for hydroxylation is 1. The highest BCUT2D eigenvalue weighted by molar-refractivity contribution is 5.30. The fourth-order valence-corrected chi connectivity index (χ4v) is 1.58. The van der Waals surface area contributed by atoms with Gasteiger partial charge in [0.25, 0.3) is 0 Å². The van der Waals surface area contributed by atoms with Crippen molar-refractivity contribution in [3.05, 3.63) is 47.8 Å². The summed E-state index contributed by atoms with van der Waals surface area (Å²) in [7, 11) is 1.89. The molecule has 1 heterocycles. The molecular weight excluding hydrogens is 214 g/mol. The summed E-state index contributed by atoms with van der Waals surface area (Å²) >= 11 is 0. The summed E-state index contributed by atoms with van der Waals surface area (Å²) in [6.07, 6.45) is 1.90. The van der Waals surface area contributed by atoms with Crippen LogP contribution in [0.4, 0.5) is 0 Å². The van der Waals surface area contributed by atoms with Crippen LogP contribution in [0.3, 0.4) is 0 Å². The van der Waals surface area contributed by atoms with Crippen molar-refractivity contribution in [3.63, 3.8) is 0 Å². The molecule has 4 nitrogen and oxygen atoms in total. The second kappa shape index (κ2) is 5.01. The van der Waals surface area contributed by atoms with Crippen LogP contribution >= 0.6 is 0 Å². The summed E-state index contributed by atoms with van der Waals surface area (Å²) in [5.41, 5.74) is 7.81. The number of ether oxygens (including phenoxy) is 1. The summed E-state index contributed by atoms with van der Waals surface area (Å²) in [5, 5.41) is 4.25. The zero-order valence-electron chi connectivity index (χ0n) is 10.1. The van der Waals surface area contributed by atoms with E-state index in [1.54, 1.807) is 4.68 Å². The SMILES string of the molecule is C[C@@H](N)c1cccc(OCc2ccn(C)n2)c1. The Bertz CT molecular complexity index is 491. The van der Waals surface area contributed by atoms with Crippen molar-refractivity contribution in [2.45, 2.75) is 19.6 Å². The number of rotatable bonds is 4. The van der Waals surface area contributed by atoms with Crippen LogP contribution in [0.5, 0.6) is 5.75 Å². The van der Waals surface area contributed by atoms with E-state index < -0.39 is 0 Å². The van der Waals surface area contributed by atoms with Crippen LogP contribution in [0.1, 0.15) is 24.2 Å². The van der Waals surface area contributed by atoms with Crippen LogP contribution in [0.25, 0.3) is 0 Å². The van der Waals surface area contributed by atoms with Gasteiger partial charge in [0.2, 0.25) is 0 Å². The van der Waals surface area contributed by atoms with Gasteiger partial charge in [0.05, 0.1) is 5.69 Å². The van der Waals surface area contributed by atoms with E-state index in [9.17, 15) is 0 Å². The van der Waals surface area contributed by atoms with Gasteiger partial charge >= 0.3 is 0 Å². The van der Waals surface area contributed by atoms with Crippen LogP contribution in [0.15, 0.2) is 36.5 Å². The third-order valence-corrected chi connectivity index (χ3v) is 2.54. The van der Waals surface area contributed by atoms with Gasteiger partial charge in [-0.25, -0.2) is 0 Å². The van der Waals surface area contributed by atoms with Gasteiger partial charge in [-0.2, -0.15) is 5.10 Å². The van der Waals surface area contributed by atoms with E-state index in [2.05, 4.69) is 5.10 Å². The normalized spacial score (nSPS) is 12.4. The molecular formula is C13H17N3O. The lowest BCUT2D eigenvalue weighted by atomic mass is 10.1. The quantitative estimate of drug-likeness (QED) is 0.875. The van der Waals surface area contributed by atoms with Crippen LogP contribution in [-0.4, -0.2) is 9.78 Å². The van der Waals surface area contributed by atoms with Crippen LogP contribution in [0, 0.1) is 0 Å². The summed E-state index contributed by atoms with van der Waals surface area (Å²) in [6, 6.07) is 9.80. The average molecular weight is 231 g/mol. The Morgan fingerprint density at radius 3 is 2.88 bits per heavy atom. The molecule has 1 aromatic carbocycles. The van der Waals surface area contributed by atoms with Crippen LogP contribution in [0.2, 0.25) is 0 Å². The molecule has 1 atom stereocenters. The Morgan fingerprint density at radius 2 is 2.24 bits per heavy atom. The molecule has 17 heavy (non-hydrogen) atoms. The van der Waals surface area contributed by atoms with Gasteiger partial charge in [0.15, 0.2) is 0 Å². The van der Waals surface area contributed by atoms with Gasteiger partial charge in [-0.1, -0.05) is 12.1 Å². The Balaban J connectivity index is 2.01. The smallest absolute Gasteiger partial charge is 0.132 e. The van der Waals surface area contributed by atoms with E-state index in [4.69, 9.17) is 10.5 Å². The van der Waals surface area contributed by atoms with Crippen molar-refractivity contribution < 1.29 is 4.74 Å². The minimum atomic E-state index is 0.0217. The fourth-order valence-electron chi connectivity index (χ4n) is 1.58. The first-order valence-electron chi connectivity index (χ1n) is 5.62. The summed E-state index contributed by atoms with van der Waals surface area (Å²) < 4.78 is 7.43. The summed E-state index contributed by atoms with van der Waals surface area (Å²) in [4.78, 5) is 0. The average Bonchev–Trinajstić information content (AvgIpc) is 2.73. The maximum Gasteiger partial charge on any atom is 0.132 e. The Morgan fingerprint density at radius 1 is 1.41 bits per heavy atom. The highest BCUT2D eigenvalue weighted by Crippen LogP contribution is 2.18. The monoisotopic (exact) mass is 231 g/mol. The maximum absolute atomic E-state index is 5.82. The van der Waals surface area contributed by atoms with Crippen molar-refractivity contribution in [3.8, 4) is 5.75 Å². The van der Waals surface area contributed by atoms with Gasteiger partial charge < -0.3 is 10.5 Å². The van der Waals surface area contributed by atoms with Crippen molar-refractivity contribution in [1.82, 2.24) is 9.78 Å². The van der Waals surface area contributed by atoms with Gasteiger partial charge in [-0.15, -0.1) is 0 Å². The molecule has 0 aliphatic heterocycles. The number of nitrogens with two attached hydrogens (primary N) is 1. The lowest BCUT2D eigenvalue weighted by Gasteiger charge is -2.09. The molecule has 2 rings (SSSR count). The molecule has 0 fully saturated rings. The van der Waals surface area contributed by atoms with E-state index in [0.717, 1.165) is 17.0 Å². The zero-order valence-corrected chi connectivity index (χ0v) is 10.1. The van der Waals surface area contributed by atoms with Crippen molar-refractivity contribution in [1.29, 1.82) is 0 Å². The molecule has 0 amide bonds. The first kappa shape index (κ1) is 11.7. The molecule has 0 saturated carbocycles. The number of benzene rings is 1. The molecule has 2 aromatic rings. The molecule has 0 aliphatic rings. The highest BCUT2D eigenvalue weighted by atomic mass is 16.5. The lowest BCUT2D eigenvalue weighted by Crippen LogP contribution is -2.05. The second-order valence-corrected chi connectivity index (χ2v) is 4.13. The number of aromatic nitrogens is 2. The third kappa shape index (κ3) is 3.07. The van der Waals surface area contributed by atoms with E-state index in [1.807, 2.05) is 50.5 Å². The Hall–Kier alpha value is -1.81. The molecule has 4 heteroatoms. The van der Waals surface area contributed by atoms with Gasteiger partial charge in [0.1, 0.15) is 12.4 Å². The minimum absolute atomic E-state index is 0.0217. The first-order chi connectivity index (χ1) is 8.15. The van der Waals surface area contributed by atoms with Crippen LogP contribution in [-0.2, 0) is 13.7 Å². The van der Waals surface area contributed by atoms with Crippen molar-refractivity contribution in [2.24, 2.45) is 12.8 Å². The molecule has 0 bridgehead atoms. The zero-order chi connectivity index (χ0) is 12.3. The molecule has 0 radical (unpaired) electrons. The minimum Gasteiger partial charge on any atom is -0.487 e. The molecule has 0 spiro atoms. The summed E-state index contributed by atoms with van der Waals surface area (Å²) in [5.74, 6) is 0.824. The summed E-state index contributed by atoms with van der Waals surface area (Å²) in [6.45, 7) is 2.43. The number of hydrogen-bond acceptors (Lipinski definition) is 3. The predicted molar refractivity (Wildman–Crippen MR) is 66.6 cm³/mol. The molecule has 0 saturated heterocycles. The Kier molecular flexibility index (Phi) is 3.44. The van der Waals surface area contributed by atoms with Crippen LogP contribution < -0.4 is 10.5 Å². The topological polar surface area (TPSA) is 53.1 Å². The van der Waals surface area contributed by atoms with E-state index in [0.29, 0.717) is 6.61 Å².